The Hall–Kier alpha value is -0.650. The van der Waals surface area contributed by atoms with Crippen LogP contribution in [0.25, 0.3) is 0 Å². The minimum Gasteiger partial charge on any atom is -0.379 e. The average molecular weight is 281 g/mol. The minimum absolute atomic E-state index is 0.180. The van der Waals surface area contributed by atoms with Crippen LogP contribution in [0.1, 0.15) is 25.7 Å². The molecule has 0 spiro atoms. The van der Waals surface area contributed by atoms with Crippen LogP contribution in [0, 0.1) is 5.41 Å². The molecule has 1 N–H and O–H groups in total. The number of carbonyl (C=O) groups excluding carboxylic acids is 1. The molecule has 114 valence electrons. The number of hydrogen-bond donors (Lipinski definition) is 1. The molecule has 0 atom stereocenters. The third-order valence-corrected chi connectivity index (χ3v) is 4.85. The standard InChI is InChI=1S/C15H27N3O2/c19-14(11-17-7-9-20-10-8-17)16-12-15(3-4-15)13-18-5-1-2-6-18/h1-13H2,(H,16,19). The number of hydrogen-bond acceptors (Lipinski definition) is 4. The second-order valence-electron chi connectivity index (χ2n) is 6.65. The van der Waals surface area contributed by atoms with E-state index in [1.54, 1.807) is 0 Å². The first-order valence-electron chi connectivity index (χ1n) is 8.05. The lowest BCUT2D eigenvalue weighted by atomic mass is 10.1. The normalized spacial score (nSPS) is 26.6. The third-order valence-electron chi connectivity index (χ3n) is 4.85. The fourth-order valence-electron chi connectivity index (χ4n) is 3.29. The number of nitrogens with zero attached hydrogens (tertiary/aromatic N) is 2. The largest absolute Gasteiger partial charge is 0.379 e. The van der Waals surface area contributed by atoms with Crippen molar-refractivity contribution in [3.8, 4) is 0 Å². The molecule has 2 aliphatic heterocycles. The molecule has 0 bridgehead atoms. The molecule has 3 aliphatic rings. The molecule has 20 heavy (non-hydrogen) atoms. The predicted octanol–water partition coefficient (Wildman–Crippen LogP) is 0.311. The lowest BCUT2D eigenvalue weighted by molar-refractivity contribution is -0.123. The van der Waals surface area contributed by atoms with E-state index in [0.717, 1.165) is 32.8 Å². The highest BCUT2D eigenvalue weighted by molar-refractivity contribution is 5.78. The van der Waals surface area contributed by atoms with E-state index in [4.69, 9.17) is 4.74 Å². The van der Waals surface area contributed by atoms with Gasteiger partial charge in [0.1, 0.15) is 0 Å². The quantitative estimate of drug-likeness (QED) is 0.761. The fourth-order valence-corrected chi connectivity index (χ4v) is 3.29. The summed E-state index contributed by atoms with van der Waals surface area (Å²) in [5, 5.41) is 3.16. The van der Waals surface area contributed by atoms with E-state index in [1.807, 2.05) is 0 Å². The zero-order chi connectivity index (χ0) is 13.8. The van der Waals surface area contributed by atoms with Crippen molar-refractivity contribution in [1.82, 2.24) is 15.1 Å². The summed E-state index contributed by atoms with van der Waals surface area (Å²) in [6.07, 6.45) is 5.25. The molecule has 5 nitrogen and oxygen atoms in total. The van der Waals surface area contributed by atoms with Crippen LogP contribution < -0.4 is 5.32 Å². The maximum Gasteiger partial charge on any atom is 0.234 e. The van der Waals surface area contributed by atoms with Crippen LogP contribution >= 0.6 is 0 Å². The average Bonchev–Trinajstić information content (AvgIpc) is 3.02. The Kier molecular flexibility index (Phi) is 4.58. The smallest absolute Gasteiger partial charge is 0.234 e. The van der Waals surface area contributed by atoms with E-state index in [-0.39, 0.29) is 5.91 Å². The van der Waals surface area contributed by atoms with Gasteiger partial charge in [-0.05, 0) is 38.8 Å². The monoisotopic (exact) mass is 281 g/mol. The summed E-state index contributed by atoms with van der Waals surface area (Å²) in [7, 11) is 0. The second-order valence-corrected chi connectivity index (χ2v) is 6.65. The number of ether oxygens (including phenoxy) is 1. The van der Waals surface area contributed by atoms with Crippen LogP contribution in [0.15, 0.2) is 0 Å². The van der Waals surface area contributed by atoms with Gasteiger partial charge in [0.25, 0.3) is 0 Å². The number of amides is 1. The predicted molar refractivity (Wildman–Crippen MR) is 77.6 cm³/mol. The van der Waals surface area contributed by atoms with E-state index in [0.29, 0.717) is 12.0 Å². The Morgan fingerprint density at radius 1 is 1.05 bits per heavy atom. The molecule has 3 fully saturated rings. The topological polar surface area (TPSA) is 44.8 Å². The summed E-state index contributed by atoms with van der Waals surface area (Å²) in [6.45, 7) is 8.37. The molecular weight excluding hydrogens is 254 g/mol. The summed E-state index contributed by atoms with van der Waals surface area (Å²) in [5.74, 6) is 0.180. The molecule has 0 unspecified atom stereocenters. The molecule has 0 radical (unpaired) electrons. The van der Waals surface area contributed by atoms with Gasteiger partial charge in [-0.15, -0.1) is 0 Å². The lowest BCUT2D eigenvalue weighted by Gasteiger charge is -2.27. The maximum absolute atomic E-state index is 12.0. The van der Waals surface area contributed by atoms with Crippen molar-refractivity contribution in [2.75, 3.05) is 59.0 Å². The van der Waals surface area contributed by atoms with Gasteiger partial charge in [0.2, 0.25) is 5.91 Å². The Bertz CT molecular complexity index is 332. The van der Waals surface area contributed by atoms with E-state index in [1.165, 1.54) is 45.3 Å². The molecule has 0 aromatic heterocycles. The summed E-state index contributed by atoms with van der Waals surface area (Å²) >= 11 is 0. The Morgan fingerprint density at radius 3 is 2.40 bits per heavy atom. The van der Waals surface area contributed by atoms with Crippen LogP contribution in [-0.2, 0) is 9.53 Å². The first-order chi connectivity index (χ1) is 9.76. The van der Waals surface area contributed by atoms with Gasteiger partial charge < -0.3 is 15.0 Å². The van der Waals surface area contributed by atoms with Crippen molar-refractivity contribution in [1.29, 1.82) is 0 Å². The lowest BCUT2D eigenvalue weighted by Crippen LogP contribution is -2.45. The molecule has 1 amide bonds. The van der Waals surface area contributed by atoms with Gasteiger partial charge in [0, 0.05) is 31.6 Å². The van der Waals surface area contributed by atoms with Crippen molar-refractivity contribution < 1.29 is 9.53 Å². The highest BCUT2D eigenvalue weighted by atomic mass is 16.5. The number of nitrogens with one attached hydrogen (secondary N) is 1. The highest BCUT2D eigenvalue weighted by Gasteiger charge is 2.44. The molecule has 2 heterocycles. The summed E-state index contributed by atoms with van der Waals surface area (Å²) in [5.41, 5.74) is 0.394. The fraction of sp³-hybridized carbons (Fsp3) is 0.933. The first kappa shape index (κ1) is 14.3. The number of morpholine rings is 1. The van der Waals surface area contributed by atoms with Gasteiger partial charge in [-0.1, -0.05) is 0 Å². The number of rotatable bonds is 6. The van der Waals surface area contributed by atoms with Gasteiger partial charge in [0.15, 0.2) is 0 Å². The van der Waals surface area contributed by atoms with Crippen LogP contribution in [0.5, 0.6) is 0 Å². The zero-order valence-corrected chi connectivity index (χ0v) is 12.4. The van der Waals surface area contributed by atoms with Gasteiger partial charge in [-0.25, -0.2) is 0 Å². The SMILES string of the molecule is O=C(CN1CCOCC1)NCC1(CN2CCCC2)CC1. The zero-order valence-electron chi connectivity index (χ0n) is 12.4. The van der Waals surface area contributed by atoms with Crippen molar-refractivity contribution in [3.05, 3.63) is 0 Å². The first-order valence-corrected chi connectivity index (χ1v) is 8.05. The molecule has 1 saturated carbocycles. The van der Waals surface area contributed by atoms with Crippen LogP contribution in [0.3, 0.4) is 0 Å². The molecule has 3 rings (SSSR count). The van der Waals surface area contributed by atoms with Crippen molar-refractivity contribution in [2.45, 2.75) is 25.7 Å². The van der Waals surface area contributed by atoms with Gasteiger partial charge >= 0.3 is 0 Å². The Balaban J connectivity index is 1.36. The van der Waals surface area contributed by atoms with E-state index >= 15 is 0 Å². The van der Waals surface area contributed by atoms with E-state index in [2.05, 4.69) is 15.1 Å². The Morgan fingerprint density at radius 2 is 1.75 bits per heavy atom. The van der Waals surface area contributed by atoms with Gasteiger partial charge in [0.05, 0.1) is 19.8 Å². The second kappa shape index (κ2) is 6.41. The molecular formula is C15H27N3O2. The number of carbonyl (C=O) groups is 1. The Labute approximate surface area is 121 Å². The minimum atomic E-state index is 0.180. The van der Waals surface area contributed by atoms with E-state index < -0.39 is 0 Å². The molecule has 1 aliphatic carbocycles. The summed E-state index contributed by atoms with van der Waals surface area (Å²) in [6, 6.07) is 0. The maximum atomic E-state index is 12.0. The van der Waals surface area contributed by atoms with E-state index in [9.17, 15) is 4.79 Å². The highest BCUT2D eigenvalue weighted by Crippen LogP contribution is 2.46. The summed E-state index contributed by atoms with van der Waals surface area (Å²) in [4.78, 5) is 16.8. The number of likely N-dealkylation sites (tertiary alicyclic amines) is 1. The van der Waals surface area contributed by atoms with Crippen LogP contribution in [-0.4, -0.2) is 74.7 Å². The van der Waals surface area contributed by atoms with Gasteiger partial charge in [-0.3, -0.25) is 9.69 Å². The van der Waals surface area contributed by atoms with Crippen LogP contribution in [0.4, 0.5) is 0 Å². The molecule has 2 saturated heterocycles. The van der Waals surface area contributed by atoms with Gasteiger partial charge in [-0.2, -0.15) is 0 Å². The van der Waals surface area contributed by atoms with Crippen LogP contribution in [0.2, 0.25) is 0 Å². The molecule has 5 heteroatoms. The van der Waals surface area contributed by atoms with Crippen molar-refractivity contribution >= 4 is 5.91 Å². The molecule has 0 aromatic carbocycles. The summed E-state index contributed by atoms with van der Waals surface area (Å²) < 4.78 is 5.30. The molecule has 0 aromatic rings. The van der Waals surface area contributed by atoms with Crippen molar-refractivity contribution in [3.63, 3.8) is 0 Å². The van der Waals surface area contributed by atoms with Crippen molar-refractivity contribution in [2.24, 2.45) is 5.41 Å². The third kappa shape index (κ3) is 3.93.